The molecule has 0 atom stereocenters. The van der Waals surface area contributed by atoms with Gasteiger partial charge in [0.25, 0.3) is 17.4 Å². The Morgan fingerprint density at radius 3 is 2.23 bits per heavy atom. The third-order valence-corrected chi connectivity index (χ3v) is 3.71. The van der Waals surface area contributed by atoms with Crippen LogP contribution in [0, 0.1) is 5.82 Å². The monoisotopic (exact) mass is 354 g/mol. The second-order valence-corrected chi connectivity index (χ2v) is 5.47. The highest BCUT2D eigenvalue weighted by molar-refractivity contribution is 6.04. The van der Waals surface area contributed by atoms with Crippen LogP contribution < -0.4 is 16.2 Å². The van der Waals surface area contributed by atoms with Crippen molar-refractivity contribution >= 4 is 22.6 Å². The number of hydrogen-bond acceptors (Lipinski definition) is 4. The number of nitrogens with zero attached hydrogens (tertiary/aromatic N) is 1. The van der Waals surface area contributed by atoms with E-state index in [0.717, 1.165) is 0 Å². The number of hydrogen-bond donors (Lipinski definition) is 3. The Labute approximate surface area is 147 Å². The highest BCUT2D eigenvalue weighted by Gasteiger charge is 2.13. The SMILES string of the molecule is O=C(NCCNC(=O)c1n[nH]c(=O)c2ccccc12)c1ccc(F)cc1. The minimum absolute atomic E-state index is 0.102. The molecule has 3 aromatic rings. The molecule has 2 aromatic carbocycles. The number of amides is 2. The highest BCUT2D eigenvalue weighted by Crippen LogP contribution is 2.11. The van der Waals surface area contributed by atoms with Gasteiger partial charge in [0.1, 0.15) is 5.82 Å². The van der Waals surface area contributed by atoms with Crippen LogP contribution in [0.1, 0.15) is 20.8 Å². The Morgan fingerprint density at radius 2 is 1.54 bits per heavy atom. The van der Waals surface area contributed by atoms with Gasteiger partial charge in [-0.15, -0.1) is 0 Å². The molecule has 3 rings (SSSR count). The first kappa shape index (κ1) is 17.3. The lowest BCUT2D eigenvalue weighted by atomic mass is 10.1. The number of halogens is 1. The quantitative estimate of drug-likeness (QED) is 0.599. The topological polar surface area (TPSA) is 104 Å². The average molecular weight is 354 g/mol. The zero-order valence-electron chi connectivity index (χ0n) is 13.6. The predicted octanol–water partition coefficient (Wildman–Crippen LogP) is 1.22. The number of aromatic nitrogens is 2. The molecule has 0 saturated carbocycles. The van der Waals surface area contributed by atoms with Gasteiger partial charge in [0.05, 0.1) is 5.39 Å². The first-order chi connectivity index (χ1) is 12.6. The van der Waals surface area contributed by atoms with Crippen LogP contribution in [0.25, 0.3) is 10.8 Å². The molecule has 1 aromatic heterocycles. The maximum atomic E-state index is 12.8. The van der Waals surface area contributed by atoms with Crippen LogP contribution in [0.2, 0.25) is 0 Å². The fourth-order valence-electron chi connectivity index (χ4n) is 2.43. The van der Waals surface area contributed by atoms with Crippen molar-refractivity contribution in [1.29, 1.82) is 0 Å². The van der Waals surface area contributed by atoms with E-state index in [9.17, 15) is 18.8 Å². The molecule has 132 valence electrons. The van der Waals surface area contributed by atoms with Gasteiger partial charge in [-0.3, -0.25) is 14.4 Å². The van der Waals surface area contributed by atoms with E-state index in [1.807, 2.05) is 0 Å². The molecule has 0 aliphatic heterocycles. The maximum Gasteiger partial charge on any atom is 0.272 e. The van der Waals surface area contributed by atoms with Crippen LogP contribution >= 0.6 is 0 Å². The molecule has 0 aliphatic rings. The molecule has 1 heterocycles. The number of nitrogens with one attached hydrogen (secondary N) is 3. The van der Waals surface area contributed by atoms with Gasteiger partial charge in [-0.05, 0) is 30.3 Å². The van der Waals surface area contributed by atoms with E-state index in [0.29, 0.717) is 16.3 Å². The second kappa shape index (κ2) is 7.56. The molecule has 2 amide bonds. The Hall–Kier alpha value is -3.55. The number of H-pyrrole nitrogens is 1. The summed E-state index contributed by atoms with van der Waals surface area (Å²) in [4.78, 5) is 35.9. The average Bonchev–Trinajstić information content (AvgIpc) is 2.66. The van der Waals surface area contributed by atoms with E-state index in [4.69, 9.17) is 0 Å². The van der Waals surface area contributed by atoms with Crippen molar-refractivity contribution in [2.24, 2.45) is 0 Å². The molecule has 0 fully saturated rings. The molecule has 0 saturated heterocycles. The van der Waals surface area contributed by atoms with E-state index in [1.54, 1.807) is 24.3 Å². The van der Waals surface area contributed by atoms with E-state index >= 15 is 0 Å². The lowest BCUT2D eigenvalue weighted by Crippen LogP contribution is -2.35. The molecular weight excluding hydrogens is 339 g/mol. The van der Waals surface area contributed by atoms with Crippen molar-refractivity contribution in [1.82, 2.24) is 20.8 Å². The molecule has 8 heteroatoms. The Bertz CT molecular complexity index is 1010. The fourth-order valence-corrected chi connectivity index (χ4v) is 2.43. The lowest BCUT2D eigenvalue weighted by Gasteiger charge is -2.08. The third-order valence-electron chi connectivity index (χ3n) is 3.71. The molecular formula is C18H15FN4O3. The van der Waals surface area contributed by atoms with Crippen molar-refractivity contribution in [3.63, 3.8) is 0 Å². The molecule has 7 nitrogen and oxygen atoms in total. The second-order valence-electron chi connectivity index (χ2n) is 5.47. The Morgan fingerprint density at radius 1 is 0.923 bits per heavy atom. The third kappa shape index (κ3) is 3.75. The highest BCUT2D eigenvalue weighted by atomic mass is 19.1. The standard InChI is InChI=1S/C18H15FN4O3/c19-12-7-5-11(6-8-12)16(24)20-9-10-21-18(26)15-13-3-1-2-4-14(13)17(25)23-22-15/h1-8H,9-10H2,(H,20,24)(H,21,26)(H,23,25). The van der Waals surface area contributed by atoms with Crippen molar-refractivity contribution in [3.05, 3.63) is 76.0 Å². The van der Waals surface area contributed by atoms with Crippen LogP contribution in [-0.4, -0.2) is 35.1 Å². The summed E-state index contributed by atoms with van der Waals surface area (Å²) in [5.74, 6) is -1.25. The minimum Gasteiger partial charge on any atom is -0.350 e. The molecule has 3 N–H and O–H groups in total. The summed E-state index contributed by atoms with van der Waals surface area (Å²) in [5.41, 5.74) is 0.0554. The van der Waals surface area contributed by atoms with Crippen LogP contribution in [0.15, 0.2) is 53.3 Å². The smallest absolute Gasteiger partial charge is 0.272 e. The van der Waals surface area contributed by atoms with Crippen LogP contribution in [-0.2, 0) is 0 Å². The van der Waals surface area contributed by atoms with Gasteiger partial charge in [-0.25, -0.2) is 9.49 Å². The first-order valence-electron chi connectivity index (χ1n) is 7.85. The normalized spacial score (nSPS) is 10.5. The maximum absolute atomic E-state index is 12.8. The largest absolute Gasteiger partial charge is 0.350 e. The number of fused-ring (bicyclic) bond motifs is 1. The van der Waals surface area contributed by atoms with Gasteiger partial charge >= 0.3 is 0 Å². The molecule has 0 bridgehead atoms. The van der Waals surface area contributed by atoms with E-state index < -0.39 is 11.7 Å². The number of aromatic amines is 1. The van der Waals surface area contributed by atoms with Crippen molar-refractivity contribution in [2.45, 2.75) is 0 Å². The summed E-state index contributed by atoms with van der Waals surface area (Å²) in [6.07, 6.45) is 0. The van der Waals surface area contributed by atoms with Crippen molar-refractivity contribution in [2.75, 3.05) is 13.1 Å². The number of rotatable bonds is 5. The summed E-state index contributed by atoms with van der Waals surface area (Å²) in [6.45, 7) is 0.351. The van der Waals surface area contributed by atoms with Gasteiger partial charge in [0.2, 0.25) is 0 Å². The van der Waals surface area contributed by atoms with E-state index in [-0.39, 0.29) is 30.2 Å². The van der Waals surface area contributed by atoms with Gasteiger partial charge < -0.3 is 10.6 Å². The van der Waals surface area contributed by atoms with Gasteiger partial charge in [0.15, 0.2) is 5.69 Å². The Balaban J connectivity index is 1.58. The van der Waals surface area contributed by atoms with Crippen molar-refractivity contribution < 1.29 is 14.0 Å². The van der Waals surface area contributed by atoms with Gasteiger partial charge in [0, 0.05) is 24.0 Å². The summed E-state index contributed by atoms with van der Waals surface area (Å²) < 4.78 is 12.8. The summed E-state index contributed by atoms with van der Waals surface area (Å²) in [7, 11) is 0. The zero-order chi connectivity index (χ0) is 18.5. The van der Waals surface area contributed by atoms with Crippen LogP contribution in [0.4, 0.5) is 4.39 Å². The summed E-state index contributed by atoms with van der Waals surface area (Å²) in [5, 5.41) is 12.2. The first-order valence-corrected chi connectivity index (χ1v) is 7.85. The number of carbonyl (C=O) groups excluding carboxylic acids is 2. The molecule has 26 heavy (non-hydrogen) atoms. The molecule has 0 radical (unpaired) electrons. The van der Waals surface area contributed by atoms with E-state index in [2.05, 4.69) is 20.8 Å². The molecule has 0 unspecified atom stereocenters. The number of carbonyl (C=O) groups is 2. The van der Waals surface area contributed by atoms with Gasteiger partial charge in [-0.1, -0.05) is 18.2 Å². The number of benzene rings is 2. The van der Waals surface area contributed by atoms with Gasteiger partial charge in [-0.2, -0.15) is 5.10 Å². The van der Waals surface area contributed by atoms with Crippen LogP contribution in [0.5, 0.6) is 0 Å². The predicted molar refractivity (Wildman–Crippen MR) is 93.4 cm³/mol. The minimum atomic E-state index is -0.464. The van der Waals surface area contributed by atoms with Crippen LogP contribution in [0.3, 0.4) is 0 Å². The molecule has 0 spiro atoms. The summed E-state index contributed by atoms with van der Waals surface area (Å²) >= 11 is 0. The lowest BCUT2D eigenvalue weighted by molar-refractivity contribution is 0.0925. The zero-order valence-corrected chi connectivity index (χ0v) is 13.6. The Kier molecular flexibility index (Phi) is 5.02. The fraction of sp³-hybridized carbons (Fsp3) is 0.111. The summed E-state index contributed by atoms with van der Waals surface area (Å²) in [6, 6.07) is 11.8. The molecule has 0 aliphatic carbocycles. The van der Waals surface area contributed by atoms with E-state index in [1.165, 1.54) is 24.3 Å². The van der Waals surface area contributed by atoms with Crippen molar-refractivity contribution in [3.8, 4) is 0 Å².